The Balaban J connectivity index is 1.26. The highest BCUT2D eigenvalue weighted by Crippen LogP contribution is 2.33. The maximum Gasteiger partial charge on any atom is 0.418 e. The van der Waals surface area contributed by atoms with Crippen molar-refractivity contribution in [2.24, 2.45) is 0 Å². The third-order valence-corrected chi connectivity index (χ3v) is 6.47. The third-order valence-electron chi connectivity index (χ3n) is 6.47. The molecule has 3 atom stereocenters. The van der Waals surface area contributed by atoms with Crippen LogP contribution in [0.25, 0.3) is 11.0 Å². The summed E-state index contributed by atoms with van der Waals surface area (Å²) in [5.41, 5.74) is 0.215. The van der Waals surface area contributed by atoms with Crippen LogP contribution >= 0.6 is 0 Å². The standard InChI is InChI=1S/C24H26F3N5O3/c25-24(26,27)17-2-1-3-18-23(17)31-21(29-18)10-22(33)30-19-11-32(16-6-9-34-14-16)12-20(19)35-13-15-4-7-28-8-5-15/h1-5,7-8,16,19-20H,6,9-14H2,(H,29,31)(H,30,33)/t16?,19?,20-/m0/s1. The lowest BCUT2D eigenvalue weighted by Crippen LogP contribution is -2.45. The van der Waals surface area contributed by atoms with Gasteiger partial charge in [-0.05, 0) is 36.2 Å². The van der Waals surface area contributed by atoms with E-state index in [1.807, 2.05) is 12.1 Å². The molecule has 2 fully saturated rings. The fourth-order valence-corrected chi connectivity index (χ4v) is 4.71. The number of amides is 1. The number of H-pyrrole nitrogens is 1. The van der Waals surface area contributed by atoms with Crippen LogP contribution in [0.2, 0.25) is 0 Å². The predicted molar refractivity (Wildman–Crippen MR) is 120 cm³/mol. The van der Waals surface area contributed by atoms with Gasteiger partial charge in [0.25, 0.3) is 0 Å². The summed E-state index contributed by atoms with van der Waals surface area (Å²) in [6.45, 7) is 3.02. The van der Waals surface area contributed by atoms with Gasteiger partial charge in [-0.2, -0.15) is 13.2 Å². The molecule has 3 aromatic rings. The number of hydrogen-bond donors (Lipinski definition) is 2. The molecule has 5 rings (SSSR count). The van der Waals surface area contributed by atoms with Crippen LogP contribution in [0.3, 0.4) is 0 Å². The van der Waals surface area contributed by atoms with E-state index in [1.54, 1.807) is 12.4 Å². The molecule has 2 aromatic heterocycles. The van der Waals surface area contributed by atoms with Crippen LogP contribution in [-0.2, 0) is 33.5 Å². The number of halogens is 3. The smallest absolute Gasteiger partial charge is 0.380 e. The van der Waals surface area contributed by atoms with Crippen molar-refractivity contribution in [1.29, 1.82) is 0 Å². The maximum atomic E-state index is 13.3. The number of carbonyl (C=O) groups excluding carboxylic acids is 1. The molecule has 186 valence electrons. The lowest BCUT2D eigenvalue weighted by molar-refractivity contribution is -0.136. The van der Waals surface area contributed by atoms with Gasteiger partial charge in [-0.1, -0.05) is 6.07 Å². The summed E-state index contributed by atoms with van der Waals surface area (Å²) in [5.74, 6) is -0.146. The van der Waals surface area contributed by atoms with Gasteiger partial charge in [0.1, 0.15) is 11.3 Å². The molecule has 2 N–H and O–H groups in total. The second kappa shape index (κ2) is 9.92. The largest absolute Gasteiger partial charge is 0.418 e. The molecule has 2 aliphatic rings. The predicted octanol–water partition coefficient (Wildman–Crippen LogP) is 2.69. The molecule has 0 spiro atoms. The third kappa shape index (κ3) is 5.47. The Bertz CT molecular complexity index is 1160. The number of carbonyl (C=O) groups is 1. The molecule has 0 radical (unpaired) electrons. The number of benzene rings is 1. The van der Waals surface area contributed by atoms with E-state index in [2.05, 4.69) is 25.2 Å². The summed E-state index contributed by atoms with van der Waals surface area (Å²) < 4.78 is 51.6. The summed E-state index contributed by atoms with van der Waals surface area (Å²) in [6, 6.07) is 7.58. The molecule has 1 aromatic carbocycles. The molecule has 0 bridgehead atoms. The van der Waals surface area contributed by atoms with Gasteiger partial charge in [0.15, 0.2) is 0 Å². The fourth-order valence-electron chi connectivity index (χ4n) is 4.71. The Kier molecular flexibility index (Phi) is 6.72. The number of para-hydroxylation sites is 1. The number of ether oxygens (including phenoxy) is 2. The van der Waals surface area contributed by atoms with E-state index in [0.717, 1.165) is 18.1 Å². The zero-order valence-corrected chi connectivity index (χ0v) is 18.9. The Morgan fingerprint density at radius 3 is 2.80 bits per heavy atom. The van der Waals surface area contributed by atoms with Crippen LogP contribution in [0.5, 0.6) is 0 Å². The van der Waals surface area contributed by atoms with Crippen LogP contribution in [0, 0.1) is 0 Å². The Hall–Kier alpha value is -3.02. The van der Waals surface area contributed by atoms with Gasteiger partial charge in [0.05, 0.1) is 42.9 Å². The number of imidazole rings is 1. The molecule has 2 unspecified atom stereocenters. The number of aromatic amines is 1. The summed E-state index contributed by atoms with van der Waals surface area (Å²) in [5, 5.41) is 3.02. The second-order valence-corrected chi connectivity index (χ2v) is 8.91. The van der Waals surface area contributed by atoms with Gasteiger partial charge in [0.2, 0.25) is 5.91 Å². The summed E-state index contributed by atoms with van der Waals surface area (Å²) in [4.78, 5) is 26.1. The van der Waals surface area contributed by atoms with Gasteiger partial charge in [0, 0.05) is 38.1 Å². The van der Waals surface area contributed by atoms with E-state index in [0.29, 0.717) is 32.9 Å². The van der Waals surface area contributed by atoms with Crippen molar-refractivity contribution in [2.75, 3.05) is 26.3 Å². The molecular weight excluding hydrogens is 463 g/mol. The summed E-state index contributed by atoms with van der Waals surface area (Å²) in [7, 11) is 0. The molecule has 8 nitrogen and oxygen atoms in total. The van der Waals surface area contributed by atoms with Gasteiger partial charge in [-0.15, -0.1) is 0 Å². The van der Waals surface area contributed by atoms with Crippen molar-refractivity contribution < 1.29 is 27.4 Å². The van der Waals surface area contributed by atoms with Crippen molar-refractivity contribution in [1.82, 2.24) is 25.2 Å². The lowest BCUT2D eigenvalue weighted by atomic mass is 10.2. The maximum absolute atomic E-state index is 13.3. The summed E-state index contributed by atoms with van der Waals surface area (Å²) >= 11 is 0. The van der Waals surface area contributed by atoms with E-state index >= 15 is 0 Å². The number of nitrogens with zero attached hydrogens (tertiary/aromatic N) is 3. The topological polar surface area (TPSA) is 92.4 Å². The molecule has 11 heteroatoms. The molecule has 2 saturated heterocycles. The van der Waals surface area contributed by atoms with E-state index in [4.69, 9.17) is 9.47 Å². The average Bonchev–Trinajstić information content (AvgIpc) is 3.57. The highest BCUT2D eigenvalue weighted by molar-refractivity contribution is 5.82. The van der Waals surface area contributed by atoms with Crippen LogP contribution in [-0.4, -0.2) is 70.2 Å². The molecular formula is C24H26F3N5O3. The second-order valence-electron chi connectivity index (χ2n) is 8.91. The zero-order chi connectivity index (χ0) is 24.4. The van der Waals surface area contributed by atoms with E-state index in [-0.39, 0.29) is 47.4 Å². The van der Waals surface area contributed by atoms with Crippen molar-refractivity contribution in [2.45, 2.75) is 43.8 Å². The number of likely N-dealkylation sites (tertiary alicyclic amines) is 1. The molecule has 4 heterocycles. The van der Waals surface area contributed by atoms with Crippen LogP contribution in [0.1, 0.15) is 23.4 Å². The van der Waals surface area contributed by atoms with Gasteiger partial charge in [-0.25, -0.2) is 4.98 Å². The van der Waals surface area contributed by atoms with E-state index < -0.39 is 11.7 Å². The van der Waals surface area contributed by atoms with E-state index in [1.165, 1.54) is 12.1 Å². The van der Waals surface area contributed by atoms with Crippen molar-refractivity contribution in [3.05, 3.63) is 59.7 Å². The quantitative estimate of drug-likeness (QED) is 0.530. The van der Waals surface area contributed by atoms with Gasteiger partial charge < -0.3 is 19.8 Å². The highest BCUT2D eigenvalue weighted by atomic mass is 19.4. The number of rotatable bonds is 7. The number of hydrogen-bond acceptors (Lipinski definition) is 6. The molecule has 1 amide bonds. The minimum absolute atomic E-state index is 0.161. The number of pyridine rings is 1. The molecule has 2 aliphatic heterocycles. The van der Waals surface area contributed by atoms with Gasteiger partial charge >= 0.3 is 6.18 Å². The Morgan fingerprint density at radius 2 is 2.06 bits per heavy atom. The highest BCUT2D eigenvalue weighted by Gasteiger charge is 2.39. The van der Waals surface area contributed by atoms with E-state index in [9.17, 15) is 18.0 Å². The van der Waals surface area contributed by atoms with Crippen LogP contribution in [0.4, 0.5) is 13.2 Å². The average molecular weight is 489 g/mol. The fraction of sp³-hybridized carbons (Fsp3) is 0.458. The number of alkyl halides is 3. The first-order chi connectivity index (χ1) is 16.9. The van der Waals surface area contributed by atoms with Crippen molar-refractivity contribution in [3.8, 4) is 0 Å². The van der Waals surface area contributed by atoms with Crippen molar-refractivity contribution >= 4 is 16.9 Å². The number of fused-ring (bicyclic) bond motifs is 1. The number of nitrogens with one attached hydrogen (secondary N) is 2. The minimum Gasteiger partial charge on any atom is -0.380 e. The molecule has 0 saturated carbocycles. The molecule has 35 heavy (non-hydrogen) atoms. The first-order valence-electron chi connectivity index (χ1n) is 11.5. The Labute approximate surface area is 199 Å². The zero-order valence-electron chi connectivity index (χ0n) is 18.9. The number of aromatic nitrogens is 3. The van der Waals surface area contributed by atoms with Gasteiger partial charge in [-0.3, -0.25) is 14.7 Å². The SMILES string of the molecule is O=C(Cc1nc2c(C(F)(F)F)cccc2[nH]1)NC1CN(C2CCOC2)C[C@@H]1OCc1ccncc1. The first-order valence-corrected chi connectivity index (χ1v) is 11.5. The normalized spacial score (nSPS) is 23.2. The van der Waals surface area contributed by atoms with Crippen LogP contribution < -0.4 is 5.32 Å². The monoisotopic (exact) mass is 489 g/mol. The van der Waals surface area contributed by atoms with Crippen molar-refractivity contribution in [3.63, 3.8) is 0 Å². The molecule has 0 aliphatic carbocycles. The Morgan fingerprint density at radius 1 is 1.23 bits per heavy atom. The minimum atomic E-state index is -4.52. The van der Waals surface area contributed by atoms with Crippen LogP contribution in [0.15, 0.2) is 42.7 Å². The first kappa shape index (κ1) is 23.7. The lowest BCUT2D eigenvalue weighted by Gasteiger charge is -2.21. The summed E-state index contributed by atoms with van der Waals surface area (Å²) in [6.07, 6.45) is -0.589.